The second-order valence-corrected chi connectivity index (χ2v) is 3.52. The lowest BCUT2D eigenvalue weighted by molar-refractivity contribution is 0.967. The van der Waals surface area contributed by atoms with E-state index in [-0.39, 0.29) is 0 Å². The summed E-state index contributed by atoms with van der Waals surface area (Å²) >= 11 is 0. The van der Waals surface area contributed by atoms with Crippen LogP contribution in [0, 0.1) is 6.92 Å². The minimum atomic E-state index is 0.866. The molecule has 78 valence electrons. The van der Waals surface area contributed by atoms with Crippen molar-refractivity contribution >= 4 is 5.82 Å². The molecule has 0 aliphatic rings. The van der Waals surface area contributed by atoms with Gasteiger partial charge in [0, 0.05) is 17.8 Å². The number of aryl methyl sites for hydroxylation is 1. The maximum atomic E-state index is 4.23. The summed E-state index contributed by atoms with van der Waals surface area (Å²) < 4.78 is 0. The number of rotatable bonds is 4. The zero-order valence-corrected chi connectivity index (χ0v) is 9.44. The average molecular weight is 193 g/mol. The molecule has 3 heteroatoms. The van der Waals surface area contributed by atoms with Crippen molar-refractivity contribution in [2.45, 2.75) is 34.1 Å². The first-order valence-corrected chi connectivity index (χ1v) is 5.08. The molecule has 1 rings (SSSR count). The summed E-state index contributed by atoms with van der Waals surface area (Å²) in [6.07, 6.45) is 3.11. The molecular formula is C11H19N3. The Morgan fingerprint density at radius 3 is 2.79 bits per heavy atom. The molecule has 1 aromatic rings. The first-order valence-electron chi connectivity index (χ1n) is 5.08. The number of H-pyrrole nitrogens is 1. The number of anilines is 1. The van der Waals surface area contributed by atoms with Crippen LogP contribution in [0.4, 0.5) is 5.82 Å². The molecule has 14 heavy (non-hydrogen) atoms. The zero-order chi connectivity index (χ0) is 10.6. The molecule has 0 saturated carbocycles. The number of allylic oxidation sites excluding steroid dienone is 1. The highest BCUT2D eigenvalue weighted by molar-refractivity contribution is 5.46. The van der Waals surface area contributed by atoms with Gasteiger partial charge in [-0.1, -0.05) is 18.6 Å². The molecule has 2 N–H and O–H groups in total. The monoisotopic (exact) mass is 193 g/mol. The summed E-state index contributed by atoms with van der Waals surface area (Å²) in [6.45, 7) is 9.24. The Balaban J connectivity index is 2.63. The molecule has 1 aromatic heterocycles. The van der Waals surface area contributed by atoms with Crippen LogP contribution in [0.2, 0.25) is 0 Å². The minimum Gasteiger partial charge on any atom is -0.365 e. The summed E-state index contributed by atoms with van der Waals surface area (Å²) in [5.41, 5.74) is 3.77. The number of aromatic nitrogens is 2. The van der Waals surface area contributed by atoms with Crippen molar-refractivity contribution in [2.75, 3.05) is 11.9 Å². The molecule has 3 nitrogen and oxygen atoms in total. The van der Waals surface area contributed by atoms with E-state index in [1.807, 2.05) is 6.92 Å². The Bertz CT molecular complexity index is 323. The van der Waals surface area contributed by atoms with Crippen LogP contribution in [0.25, 0.3) is 0 Å². The number of hydrogen-bond donors (Lipinski definition) is 2. The normalized spacial score (nSPS) is 11.9. The van der Waals surface area contributed by atoms with Crippen molar-refractivity contribution in [3.8, 4) is 0 Å². The van der Waals surface area contributed by atoms with Gasteiger partial charge in [-0.25, -0.2) is 0 Å². The maximum Gasteiger partial charge on any atom is 0.151 e. The predicted molar refractivity (Wildman–Crippen MR) is 60.6 cm³/mol. The van der Waals surface area contributed by atoms with Gasteiger partial charge in [0.05, 0.1) is 0 Å². The number of nitrogens with zero attached hydrogens (tertiary/aromatic N) is 1. The van der Waals surface area contributed by atoms with Crippen LogP contribution in [0.3, 0.4) is 0 Å². The van der Waals surface area contributed by atoms with Crippen molar-refractivity contribution in [1.82, 2.24) is 10.2 Å². The van der Waals surface area contributed by atoms with Gasteiger partial charge in [-0.05, 0) is 27.2 Å². The quantitative estimate of drug-likeness (QED) is 0.722. The predicted octanol–water partition coefficient (Wildman–Crippen LogP) is 2.66. The minimum absolute atomic E-state index is 0.866. The van der Waals surface area contributed by atoms with Gasteiger partial charge in [0.2, 0.25) is 0 Å². The van der Waals surface area contributed by atoms with Gasteiger partial charge in [-0.2, -0.15) is 5.10 Å². The number of nitrogens with one attached hydrogen (secondary N) is 2. The fourth-order valence-electron chi connectivity index (χ4n) is 1.28. The van der Waals surface area contributed by atoms with Gasteiger partial charge >= 0.3 is 0 Å². The van der Waals surface area contributed by atoms with Crippen LogP contribution in [0.15, 0.2) is 11.6 Å². The first kappa shape index (κ1) is 10.8. The van der Waals surface area contributed by atoms with Gasteiger partial charge in [0.1, 0.15) is 0 Å². The van der Waals surface area contributed by atoms with E-state index in [4.69, 9.17) is 0 Å². The van der Waals surface area contributed by atoms with E-state index >= 15 is 0 Å². The maximum absolute atomic E-state index is 4.23. The van der Waals surface area contributed by atoms with E-state index in [2.05, 4.69) is 42.4 Å². The Labute approximate surface area is 85.6 Å². The van der Waals surface area contributed by atoms with E-state index in [1.54, 1.807) is 0 Å². The van der Waals surface area contributed by atoms with Crippen LogP contribution in [-0.4, -0.2) is 16.7 Å². The molecule has 0 atom stereocenters. The molecule has 0 radical (unpaired) electrons. The van der Waals surface area contributed by atoms with Gasteiger partial charge in [-0.15, -0.1) is 0 Å². The molecule has 0 unspecified atom stereocenters. The fourth-order valence-corrected chi connectivity index (χ4v) is 1.28. The van der Waals surface area contributed by atoms with Crippen molar-refractivity contribution in [1.29, 1.82) is 0 Å². The lowest BCUT2D eigenvalue weighted by Gasteiger charge is -2.03. The second kappa shape index (κ2) is 4.84. The SMILES string of the molecule is C/C=C(\C)CNc1n[nH]c(CC)c1C. The molecule has 0 spiro atoms. The van der Waals surface area contributed by atoms with Crippen LogP contribution in [0.5, 0.6) is 0 Å². The molecule has 0 aliphatic heterocycles. The molecular weight excluding hydrogens is 174 g/mol. The summed E-state index contributed by atoms with van der Waals surface area (Å²) in [5, 5.41) is 10.6. The lowest BCUT2D eigenvalue weighted by Crippen LogP contribution is -2.03. The summed E-state index contributed by atoms with van der Waals surface area (Å²) in [5.74, 6) is 0.975. The Morgan fingerprint density at radius 1 is 1.57 bits per heavy atom. The third-order valence-corrected chi connectivity index (χ3v) is 2.49. The summed E-state index contributed by atoms with van der Waals surface area (Å²) in [6, 6.07) is 0. The van der Waals surface area contributed by atoms with Gasteiger partial charge in [-0.3, -0.25) is 5.10 Å². The lowest BCUT2D eigenvalue weighted by atomic mass is 10.2. The highest BCUT2D eigenvalue weighted by Crippen LogP contribution is 2.15. The Kier molecular flexibility index (Phi) is 3.74. The Hall–Kier alpha value is -1.25. The third kappa shape index (κ3) is 2.37. The van der Waals surface area contributed by atoms with Crippen LogP contribution < -0.4 is 5.32 Å². The molecule has 0 aromatic carbocycles. The topological polar surface area (TPSA) is 40.7 Å². The molecule has 0 fully saturated rings. The van der Waals surface area contributed by atoms with E-state index < -0.39 is 0 Å². The molecule has 1 heterocycles. The second-order valence-electron chi connectivity index (χ2n) is 3.52. The molecule has 0 aliphatic carbocycles. The average Bonchev–Trinajstić information content (AvgIpc) is 2.56. The van der Waals surface area contributed by atoms with Crippen molar-refractivity contribution in [3.63, 3.8) is 0 Å². The molecule has 0 saturated heterocycles. The van der Waals surface area contributed by atoms with Crippen molar-refractivity contribution in [3.05, 3.63) is 22.9 Å². The Morgan fingerprint density at radius 2 is 2.29 bits per heavy atom. The fraction of sp³-hybridized carbons (Fsp3) is 0.545. The molecule has 0 amide bonds. The first-order chi connectivity index (χ1) is 6.69. The van der Waals surface area contributed by atoms with Crippen LogP contribution >= 0.6 is 0 Å². The standard InChI is InChI=1S/C11H19N3/c1-5-8(3)7-12-11-9(4)10(6-2)13-14-11/h5H,6-7H2,1-4H3,(H2,12,13,14)/b8-5+. The third-order valence-electron chi connectivity index (χ3n) is 2.49. The van der Waals surface area contributed by atoms with E-state index in [1.165, 1.54) is 16.8 Å². The number of hydrogen-bond acceptors (Lipinski definition) is 2. The van der Waals surface area contributed by atoms with Gasteiger partial charge in [0.15, 0.2) is 5.82 Å². The van der Waals surface area contributed by atoms with Crippen molar-refractivity contribution in [2.24, 2.45) is 0 Å². The smallest absolute Gasteiger partial charge is 0.151 e. The van der Waals surface area contributed by atoms with Crippen LogP contribution in [-0.2, 0) is 6.42 Å². The largest absolute Gasteiger partial charge is 0.365 e. The van der Waals surface area contributed by atoms with E-state index in [9.17, 15) is 0 Å². The van der Waals surface area contributed by atoms with E-state index in [0.29, 0.717) is 0 Å². The highest BCUT2D eigenvalue weighted by Gasteiger charge is 2.05. The molecule has 0 bridgehead atoms. The van der Waals surface area contributed by atoms with Crippen molar-refractivity contribution < 1.29 is 0 Å². The van der Waals surface area contributed by atoms with Crippen LogP contribution in [0.1, 0.15) is 32.0 Å². The van der Waals surface area contributed by atoms with Gasteiger partial charge < -0.3 is 5.32 Å². The summed E-state index contributed by atoms with van der Waals surface area (Å²) in [4.78, 5) is 0. The summed E-state index contributed by atoms with van der Waals surface area (Å²) in [7, 11) is 0. The van der Waals surface area contributed by atoms with E-state index in [0.717, 1.165) is 18.8 Å². The number of aromatic amines is 1. The van der Waals surface area contributed by atoms with Gasteiger partial charge in [0.25, 0.3) is 0 Å². The highest BCUT2D eigenvalue weighted by atomic mass is 15.2. The zero-order valence-electron chi connectivity index (χ0n) is 9.44.